The van der Waals surface area contributed by atoms with Crippen LogP contribution in [-0.2, 0) is 14.6 Å². The number of anilines is 1. The summed E-state index contributed by atoms with van der Waals surface area (Å²) in [5.74, 6) is -0.549. The highest BCUT2D eigenvalue weighted by atomic mass is 35.5. The van der Waals surface area contributed by atoms with Gasteiger partial charge in [0.15, 0.2) is 14.6 Å². The first-order valence-corrected chi connectivity index (χ1v) is 10.9. The standard InChI is InChI=1S/C21H21ClN2O3S/c1-14-5-6-15(2)19(11-14)28(26,27)21(9-3-4-10-21)20(25)24-17-8-7-16(13-23)18(22)12-17/h5-8,11-12H,3-4,9-10H2,1-2H3,(H,24,25). The fourth-order valence-corrected chi connectivity index (χ4v) is 6.30. The Hall–Kier alpha value is -2.36. The SMILES string of the molecule is Cc1ccc(C)c(S(=O)(=O)C2(C(=O)Nc3ccc(C#N)c(Cl)c3)CCCC2)c1. The average Bonchev–Trinajstić information content (AvgIpc) is 3.15. The number of rotatable bonds is 4. The molecule has 0 radical (unpaired) electrons. The van der Waals surface area contributed by atoms with Crippen molar-refractivity contribution in [1.82, 2.24) is 0 Å². The van der Waals surface area contributed by atoms with Gasteiger partial charge in [0.1, 0.15) is 6.07 Å². The van der Waals surface area contributed by atoms with Gasteiger partial charge in [0.2, 0.25) is 5.91 Å². The number of nitrogens with one attached hydrogen (secondary N) is 1. The number of halogens is 1. The van der Waals surface area contributed by atoms with E-state index in [4.69, 9.17) is 16.9 Å². The van der Waals surface area contributed by atoms with Gasteiger partial charge in [0, 0.05) is 5.69 Å². The third-order valence-electron chi connectivity index (χ3n) is 5.32. The molecule has 0 atom stereocenters. The van der Waals surface area contributed by atoms with Crippen molar-refractivity contribution >= 4 is 33.0 Å². The molecule has 1 aliphatic carbocycles. The van der Waals surface area contributed by atoms with Gasteiger partial charge < -0.3 is 5.32 Å². The molecule has 1 amide bonds. The summed E-state index contributed by atoms with van der Waals surface area (Å²) in [6.07, 6.45) is 1.90. The molecule has 1 N–H and O–H groups in total. The van der Waals surface area contributed by atoms with Crippen molar-refractivity contribution in [3.05, 3.63) is 58.1 Å². The molecule has 0 bridgehead atoms. The lowest BCUT2D eigenvalue weighted by atomic mass is 10.1. The summed E-state index contributed by atoms with van der Waals surface area (Å²) in [5.41, 5.74) is 2.12. The minimum absolute atomic E-state index is 0.207. The maximum atomic E-state index is 13.6. The molecule has 146 valence electrons. The molecule has 0 unspecified atom stereocenters. The van der Waals surface area contributed by atoms with Gasteiger partial charge in [-0.15, -0.1) is 0 Å². The molecule has 0 heterocycles. The van der Waals surface area contributed by atoms with Crippen LogP contribution in [0.5, 0.6) is 0 Å². The van der Waals surface area contributed by atoms with Crippen LogP contribution in [0.25, 0.3) is 0 Å². The van der Waals surface area contributed by atoms with Gasteiger partial charge in [-0.3, -0.25) is 4.79 Å². The Bertz CT molecular complexity index is 1080. The van der Waals surface area contributed by atoms with Gasteiger partial charge in [-0.1, -0.05) is 36.6 Å². The van der Waals surface area contributed by atoms with Gasteiger partial charge in [-0.25, -0.2) is 8.42 Å². The summed E-state index contributed by atoms with van der Waals surface area (Å²) in [4.78, 5) is 13.4. The smallest absolute Gasteiger partial charge is 0.246 e. The number of sulfone groups is 1. The van der Waals surface area contributed by atoms with E-state index in [9.17, 15) is 13.2 Å². The van der Waals surface area contributed by atoms with Gasteiger partial charge >= 0.3 is 0 Å². The third-order valence-corrected chi connectivity index (χ3v) is 8.27. The van der Waals surface area contributed by atoms with Crippen LogP contribution in [-0.4, -0.2) is 19.1 Å². The van der Waals surface area contributed by atoms with Crippen molar-refractivity contribution in [1.29, 1.82) is 5.26 Å². The molecule has 2 aromatic rings. The number of aryl methyl sites for hydroxylation is 2. The first kappa shape index (κ1) is 20.4. The molecule has 2 aromatic carbocycles. The molecular weight excluding hydrogens is 396 g/mol. The normalized spacial score (nSPS) is 15.8. The predicted molar refractivity (Wildman–Crippen MR) is 109 cm³/mol. The fraction of sp³-hybridized carbons (Fsp3) is 0.333. The van der Waals surface area contributed by atoms with Crippen LogP contribution in [0.2, 0.25) is 5.02 Å². The van der Waals surface area contributed by atoms with Crippen LogP contribution >= 0.6 is 11.6 Å². The summed E-state index contributed by atoms with van der Waals surface area (Å²) in [7, 11) is -3.89. The Kier molecular flexibility index (Phi) is 5.51. The third kappa shape index (κ3) is 3.41. The minimum atomic E-state index is -3.89. The summed E-state index contributed by atoms with van der Waals surface area (Å²) in [6.45, 7) is 3.58. The van der Waals surface area contributed by atoms with E-state index in [1.165, 1.54) is 12.1 Å². The molecule has 0 aromatic heterocycles. The van der Waals surface area contributed by atoms with E-state index >= 15 is 0 Å². The maximum Gasteiger partial charge on any atom is 0.246 e. The molecule has 0 aliphatic heterocycles. The van der Waals surface area contributed by atoms with Crippen molar-refractivity contribution < 1.29 is 13.2 Å². The lowest BCUT2D eigenvalue weighted by Gasteiger charge is -2.28. The highest BCUT2D eigenvalue weighted by Crippen LogP contribution is 2.42. The van der Waals surface area contributed by atoms with Crippen molar-refractivity contribution in [2.45, 2.75) is 49.2 Å². The quantitative estimate of drug-likeness (QED) is 0.791. The van der Waals surface area contributed by atoms with Crippen molar-refractivity contribution in [3.8, 4) is 6.07 Å². The lowest BCUT2D eigenvalue weighted by molar-refractivity contribution is -0.118. The number of nitriles is 1. The number of amides is 1. The molecule has 7 heteroatoms. The first-order valence-electron chi connectivity index (χ1n) is 9.04. The molecule has 3 rings (SSSR count). The monoisotopic (exact) mass is 416 g/mol. The number of carbonyl (C=O) groups excluding carboxylic acids is 1. The van der Waals surface area contributed by atoms with Crippen molar-refractivity contribution in [2.24, 2.45) is 0 Å². The maximum absolute atomic E-state index is 13.6. The number of carbonyl (C=O) groups is 1. The van der Waals surface area contributed by atoms with E-state index in [-0.39, 0.29) is 22.8 Å². The zero-order valence-corrected chi connectivity index (χ0v) is 17.3. The van der Waals surface area contributed by atoms with E-state index < -0.39 is 20.5 Å². The summed E-state index contributed by atoms with van der Waals surface area (Å²) in [5, 5.41) is 11.9. The Morgan fingerprint density at radius 1 is 1.14 bits per heavy atom. The average molecular weight is 417 g/mol. The summed E-state index contributed by atoms with van der Waals surface area (Å²) < 4.78 is 25.7. The second kappa shape index (κ2) is 7.57. The van der Waals surface area contributed by atoms with Crippen LogP contribution in [0.4, 0.5) is 5.69 Å². The van der Waals surface area contributed by atoms with Crippen LogP contribution in [0.1, 0.15) is 42.4 Å². The Morgan fingerprint density at radius 3 is 2.43 bits per heavy atom. The molecule has 5 nitrogen and oxygen atoms in total. The topological polar surface area (TPSA) is 87.0 Å². The molecule has 1 aliphatic rings. The summed E-state index contributed by atoms with van der Waals surface area (Å²) in [6, 6.07) is 11.7. The second-order valence-corrected chi connectivity index (χ2v) is 9.87. The minimum Gasteiger partial charge on any atom is -0.325 e. The predicted octanol–water partition coefficient (Wildman–Crippen LogP) is 4.55. The van der Waals surface area contributed by atoms with Gasteiger partial charge in [0.05, 0.1) is 15.5 Å². The van der Waals surface area contributed by atoms with Crippen molar-refractivity contribution in [3.63, 3.8) is 0 Å². The van der Waals surface area contributed by atoms with E-state index in [1.54, 1.807) is 25.1 Å². The van der Waals surface area contributed by atoms with Gasteiger partial charge in [-0.2, -0.15) is 5.26 Å². The van der Waals surface area contributed by atoms with Crippen LogP contribution in [0.15, 0.2) is 41.3 Å². The van der Waals surface area contributed by atoms with Crippen molar-refractivity contribution in [2.75, 3.05) is 5.32 Å². The number of benzene rings is 2. The number of hydrogen-bond acceptors (Lipinski definition) is 4. The molecule has 1 fully saturated rings. The molecule has 1 saturated carbocycles. The molecule has 28 heavy (non-hydrogen) atoms. The molecular formula is C21H21ClN2O3S. The molecule has 0 spiro atoms. The first-order chi connectivity index (χ1) is 13.2. The van der Waals surface area contributed by atoms with E-state index in [0.29, 0.717) is 29.7 Å². The lowest BCUT2D eigenvalue weighted by Crippen LogP contribution is -2.47. The molecule has 0 saturated heterocycles. The Labute approximate surface area is 170 Å². The van der Waals surface area contributed by atoms with Gasteiger partial charge in [-0.05, 0) is 62.1 Å². The largest absolute Gasteiger partial charge is 0.325 e. The highest BCUT2D eigenvalue weighted by Gasteiger charge is 2.53. The fourth-order valence-electron chi connectivity index (χ4n) is 3.70. The second-order valence-electron chi connectivity index (χ2n) is 7.23. The van der Waals surface area contributed by atoms with E-state index in [0.717, 1.165) is 5.56 Å². The number of hydrogen-bond donors (Lipinski definition) is 1. The Morgan fingerprint density at radius 2 is 1.82 bits per heavy atom. The number of nitrogens with zero attached hydrogens (tertiary/aromatic N) is 1. The zero-order valence-electron chi connectivity index (χ0n) is 15.8. The summed E-state index contributed by atoms with van der Waals surface area (Å²) >= 11 is 6.04. The Balaban J connectivity index is 2.02. The van der Waals surface area contributed by atoms with E-state index in [1.807, 2.05) is 19.1 Å². The van der Waals surface area contributed by atoms with Gasteiger partial charge in [0.25, 0.3) is 0 Å². The van der Waals surface area contributed by atoms with Crippen LogP contribution in [0, 0.1) is 25.2 Å². The zero-order chi connectivity index (χ0) is 20.5. The highest BCUT2D eigenvalue weighted by molar-refractivity contribution is 7.93. The van der Waals surface area contributed by atoms with E-state index in [2.05, 4.69) is 5.32 Å². The van der Waals surface area contributed by atoms with Crippen LogP contribution < -0.4 is 5.32 Å². The van der Waals surface area contributed by atoms with Crippen LogP contribution in [0.3, 0.4) is 0 Å².